The average molecular weight is 428 g/mol. The first-order valence-electron chi connectivity index (χ1n) is 9.74. The van der Waals surface area contributed by atoms with Gasteiger partial charge in [0.25, 0.3) is 0 Å². The van der Waals surface area contributed by atoms with E-state index in [1.807, 2.05) is 58.9 Å². The number of carbonyl (C=O) groups excluding carboxylic acids is 1. The Morgan fingerprint density at radius 3 is 2.70 bits per heavy atom. The van der Waals surface area contributed by atoms with Crippen molar-refractivity contribution in [1.82, 2.24) is 24.8 Å². The van der Waals surface area contributed by atoms with Gasteiger partial charge in [0.05, 0.1) is 11.3 Å². The summed E-state index contributed by atoms with van der Waals surface area (Å²) in [6, 6.07) is 7.90. The van der Waals surface area contributed by atoms with E-state index >= 15 is 0 Å². The second-order valence-electron chi connectivity index (χ2n) is 8.31. The zero-order valence-electron chi connectivity index (χ0n) is 17.8. The maximum Gasteiger partial charge on any atom is 0.231 e. The lowest BCUT2D eigenvalue weighted by Gasteiger charge is -2.19. The number of carbonyl (C=O) groups is 1. The predicted octanol–water partition coefficient (Wildman–Crippen LogP) is 3.60. The van der Waals surface area contributed by atoms with Crippen LogP contribution in [0.15, 0.2) is 29.4 Å². The van der Waals surface area contributed by atoms with Crippen molar-refractivity contribution in [3.05, 3.63) is 46.8 Å². The summed E-state index contributed by atoms with van der Waals surface area (Å²) < 4.78 is 14.7. The molecule has 8 nitrogen and oxygen atoms in total. The number of Topliss-reactive ketones (excluding diaryl/α,β-unsaturated/α-hetero) is 1. The molecule has 2 aromatic heterocycles. The van der Waals surface area contributed by atoms with Crippen molar-refractivity contribution < 1.29 is 14.3 Å². The number of hydrogen-bond donors (Lipinski definition) is 0. The zero-order chi connectivity index (χ0) is 21.5. The molecule has 0 saturated heterocycles. The highest BCUT2D eigenvalue weighted by Crippen LogP contribution is 2.33. The third kappa shape index (κ3) is 3.94. The third-order valence-electron chi connectivity index (χ3n) is 5.06. The summed E-state index contributed by atoms with van der Waals surface area (Å²) in [5.41, 5.74) is 3.58. The molecule has 9 heteroatoms. The van der Waals surface area contributed by atoms with Gasteiger partial charge in [0.15, 0.2) is 17.3 Å². The zero-order valence-corrected chi connectivity index (χ0v) is 18.6. The fraction of sp³-hybridized carbons (Fsp3) is 0.429. The van der Waals surface area contributed by atoms with Crippen LogP contribution in [0, 0.1) is 13.8 Å². The lowest BCUT2D eigenvalue weighted by molar-refractivity contribution is 0.102. The molecule has 0 bridgehead atoms. The maximum absolute atomic E-state index is 12.9. The number of aryl methyl sites for hydroxylation is 1. The SMILES string of the molecule is Cc1cc(C(=O)CSc2nnnn2C(C)(C)C)c(C)n1Cc1ccc2c(c1)OCO2. The van der Waals surface area contributed by atoms with Crippen molar-refractivity contribution >= 4 is 17.5 Å². The summed E-state index contributed by atoms with van der Waals surface area (Å²) in [6.45, 7) is 11.0. The lowest BCUT2D eigenvalue weighted by atomic mass is 10.1. The molecule has 3 aromatic rings. The lowest BCUT2D eigenvalue weighted by Crippen LogP contribution is -2.24. The first kappa shape index (κ1) is 20.5. The second kappa shape index (κ2) is 7.79. The van der Waals surface area contributed by atoms with Gasteiger partial charge in [-0.25, -0.2) is 4.68 Å². The van der Waals surface area contributed by atoms with E-state index in [9.17, 15) is 4.79 Å². The molecule has 0 fully saturated rings. The molecule has 0 unspecified atom stereocenters. The number of tetrazole rings is 1. The van der Waals surface area contributed by atoms with Crippen LogP contribution in [0.25, 0.3) is 0 Å². The Bertz CT molecular complexity index is 1100. The Hall–Kier alpha value is -2.81. The highest BCUT2D eigenvalue weighted by Gasteiger charge is 2.22. The molecule has 1 aliphatic rings. The number of hydrogen-bond acceptors (Lipinski definition) is 7. The van der Waals surface area contributed by atoms with Gasteiger partial charge >= 0.3 is 0 Å². The smallest absolute Gasteiger partial charge is 0.231 e. The minimum Gasteiger partial charge on any atom is -0.454 e. The van der Waals surface area contributed by atoms with E-state index in [1.54, 1.807) is 4.68 Å². The number of rotatable bonds is 6. The summed E-state index contributed by atoms with van der Waals surface area (Å²) in [6.07, 6.45) is 0. The van der Waals surface area contributed by atoms with Crippen LogP contribution in [-0.4, -0.2) is 43.1 Å². The van der Waals surface area contributed by atoms with Crippen molar-refractivity contribution in [2.75, 3.05) is 12.5 Å². The number of benzene rings is 1. The Balaban J connectivity index is 1.49. The molecule has 0 amide bonds. The van der Waals surface area contributed by atoms with Gasteiger partial charge in [0, 0.05) is 23.5 Å². The Morgan fingerprint density at radius 1 is 1.17 bits per heavy atom. The Labute approximate surface area is 179 Å². The van der Waals surface area contributed by atoms with Crippen LogP contribution in [0.1, 0.15) is 48.1 Å². The third-order valence-corrected chi connectivity index (χ3v) is 5.98. The fourth-order valence-corrected chi connectivity index (χ4v) is 4.39. The number of aromatic nitrogens is 5. The summed E-state index contributed by atoms with van der Waals surface area (Å²) in [5.74, 6) is 1.88. The van der Waals surface area contributed by atoms with E-state index in [-0.39, 0.29) is 23.9 Å². The molecule has 0 N–H and O–H groups in total. The molecule has 0 radical (unpaired) electrons. The van der Waals surface area contributed by atoms with E-state index in [4.69, 9.17) is 9.47 Å². The van der Waals surface area contributed by atoms with E-state index in [0.717, 1.165) is 34.0 Å². The summed E-state index contributed by atoms with van der Waals surface area (Å²) in [4.78, 5) is 12.9. The van der Waals surface area contributed by atoms with E-state index < -0.39 is 0 Å². The average Bonchev–Trinajstić information content (AvgIpc) is 3.40. The molecule has 158 valence electrons. The molecule has 0 saturated carbocycles. The predicted molar refractivity (Wildman–Crippen MR) is 113 cm³/mol. The molecule has 0 aliphatic carbocycles. The standard InChI is InChI=1S/C21H25N5O3S/c1-13-8-16(17(27)11-30-20-22-23-24-26(20)21(3,4)5)14(2)25(13)10-15-6-7-18-19(9-15)29-12-28-18/h6-9H,10-12H2,1-5H3. The van der Waals surface area contributed by atoms with Gasteiger partial charge in [-0.05, 0) is 68.8 Å². The van der Waals surface area contributed by atoms with Crippen LogP contribution >= 0.6 is 11.8 Å². The molecule has 1 aliphatic heterocycles. The van der Waals surface area contributed by atoms with Crippen LogP contribution < -0.4 is 9.47 Å². The summed E-state index contributed by atoms with van der Waals surface area (Å²) >= 11 is 1.36. The van der Waals surface area contributed by atoms with Gasteiger partial charge in [0.2, 0.25) is 11.9 Å². The first-order valence-corrected chi connectivity index (χ1v) is 10.7. The van der Waals surface area contributed by atoms with Crippen LogP contribution in [0.3, 0.4) is 0 Å². The summed E-state index contributed by atoms with van der Waals surface area (Å²) in [7, 11) is 0. The molecule has 0 atom stereocenters. The highest BCUT2D eigenvalue weighted by molar-refractivity contribution is 7.99. The monoisotopic (exact) mass is 427 g/mol. The Kier molecular flexibility index (Phi) is 5.31. The number of fused-ring (bicyclic) bond motifs is 1. The molecular formula is C21H25N5O3S. The van der Waals surface area contributed by atoms with Crippen LogP contribution in [-0.2, 0) is 12.1 Å². The normalized spacial score (nSPS) is 13.1. The van der Waals surface area contributed by atoms with Crippen molar-refractivity contribution in [3.8, 4) is 11.5 Å². The minimum atomic E-state index is -0.241. The van der Waals surface area contributed by atoms with Crippen LogP contribution in [0.5, 0.6) is 11.5 Å². The number of ketones is 1. The summed E-state index contributed by atoms with van der Waals surface area (Å²) in [5, 5.41) is 12.5. The van der Waals surface area contributed by atoms with E-state index in [1.165, 1.54) is 11.8 Å². The highest BCUT2D eigenvalue weighted by atomic mass is 32.2. The maximum atomic E-state index is 12.9. The Morgan fingerprint density at radius 2 is 1.93 bits per heavy atom. The van der Waals surface area contributed by atoms with Gasteiger partial charge in [-0.15, -0.1) is 5.10 Å². The molecule has 3 heterocycles. The minimum absolute atomic E-state index is 0.0634. The number of thioether (sulfide) groups is 1. The van der Waals surface area contributed by atoms with E-state index in [2.05, 4.69) is 20.1 Å². The van der Waals surface area contributed by atoms with Crippen molar-refractivity contribution in [2.24, 2.45) is 0 Å². The topological polar surface area (TPSA) is 84.1 Å². The van der Waals surface area contributed by atoms with Gasteiger partial charge in [-0.3, -0.25) is 4.79 Å². The van der Waals surface area contributed by atoms with Crippen molar-refractivity contribution in [1.29, 1.82) is 0 Å². The quantitative estimate of drug-likeness (QED) is 0.439. The number of nitrogens with zero attached hydrogens (tertiary/aromatic N) is 5. The first-order chi connectivity index (χ1) is 14.2. The van der Waals surface area contributed by atoms with Gasteiger partial charge in [-0.2, -0.15) is 0 Å². The molecule has 4 rings (SSSR count). The molecule has 0 spiro atoms. The van der Waals surface area contributed by atoms with Crippen LogP contribution in [0.4, 0.5) is 0 Å². The molecule has 30 heavy (non-hydrogen) atoms. The number of ether oxygens (including phenoxy) is 2. The second-order valence-corrected chi connectivity index (χ2v) is 9.26. The molecule has 1 aromatic carbocycles. The van der Waals surface area contributed by atoms with Crippen LogP contribution in [0.2, 0.25) is 0 Å². The van der Waals surface area contributed by atoms with Gasteiger partial charge < -0.3 is 14.0 Å². The van der Waals surface area contributed by atoms with Gasteiger partial charge in [-0.1, -0.05) is 17.8 Å². The largest absolute Gasteiger partial charge is 0.454 e. The van der Waals surface area contributed by atoms with E-state index in [0.29, 0.717) is 11.7 Å². The molecular weight excluding hydrogens is 402 g/mol. The fourth-order valence-electron chi connectivity index (χ4n) is 3.45. The van der Waals surface area contributed by atoms with Crippen molar-refractivity contribution in [3.63, 3.8) is 0 Å². The van der Waals surface area contributed by atoms with Gasteiger partial charge in [0.1, 0.15) is 0 Å². The van der Waals surface area contributed by atoms with Crippen molar-refractivity contribution in [2.45, 2.75) is 51.9 Å².